The van der Waals surface area contributed by atoms with Crippen LogP contribution in [0.15, 0.2) is 66.3 Å². The lowest BCUT2D eigenvalue weighted by molar-refractivity contribution is 0.0698. The van der Waals surface area contributed by atoms with E-state index in [0.29, 0.717) is 53.9 Å². The van der Waals surface area contributed by atoms with Gasteiger partial charge in [-0.25, -0.2) is 4.39 Å². The summed E-state index contributed by atoms with van der Waals surface area (Å²) < 4.78 is 32.2. The summed E-state index contributed by atoms with van der Waals surface area (Å²) in [4.78, 5) is 32.8. The first-order chi connectivity index (χ1) is 19.5. The zero-order chi connectivity index (χ0) is 27.6. The molecular formula is C30H26FN3O5S. The van der Waals surface area contributed by atoms with Crippen molar-refractivity contribution in [3.05, 3.63) is 99.3 Å². The molecule has 1 aromatic heterocycles. The fourth-order valence-electron chi connectivity index (χ4n) is 5.11. The molecule has 4 aromatic rings. The third-order valence-corrected chi connectivity index (χ3v) is 7.79. The van der Waals surface area contributed by atoms with E-state index in [1.54, 1.807) is 18.8 Å². The average molecular weight is 560 g/mol. The molecule has 3 aliphatic rings. The van der Waals surface area contributed by atoms with Gasteiger partial charge in [0.15, 0.2) is 11.5 Å². The first-order valence-electron chi connectivity index (χ1n) is 12.9. The van der Waals surface area contributed by atoms with Gasteiger partial charge in [-0.05, 0) is 72.0 Å². The second-order valence-electron chi connectivity index (χ2n) is 9.49. The van der Waals surface area contributed by atoms with Crippen molar-refractivity contribution in [2.24, 2.45) is 0 Å². The van der Waals surface area contributed by atoms with E-state index in [9.17, 15) is 14.0 Å². The lowest BCUT2D eigenvalue weighted by atomic mass is 9.87. The first kappa shape index (κ1) is 25.8. The molecule has 2 amide bonds. The molecule has 1 N–H and O–H groups in total. The Morgan fingerprint density at radius 1 is 1.15 bits per heavy atom. The summed E-state index contributed by atoms with van der Waals surface area (Å²) in [5.41, 5.74) is 4.43. The van der Waals surface area contributed by atoms with Gasteiger partial charge in [-0.1, -0.05) is 12.1 Å². The van der Waals surface area contributed by atoms with Crippen LogP contribution in [0.3, 0.4) is 0 Å². The van der Waals surface area contributed by atoms with E-state index < -0.39 is 11.7 Å². The average Bonchev–Trinajstić information content (AvgIpc) is 3.51. The SMILES string of the molecule is COc1ccc2cc1OCCCNC(=O)c1cc(ccc1F)Oc1ccc3c(c1)CCN(C(=O)c1cncs1)C23. The molecule has 4 heterocycles. The van der Waals surface area contributed by atoms with Crippen molar-refractivity contribution in [2.45, 2.75) is 18.9 Å². The Kier molecular flexibility index (Phi) is 7.08. The zero-order valence-electron chi connectivity index (χ0n) is 21.7. The number of aromatic nitrogens is 1. The highest BCUT2D eigenvalue weighted by Gasteiger charge is 2.34. The summed E-state index contributed by atoms with van der Waals surface area (Å²) in [7, 11) is 1.57. The van der Waals surface area contributed by atoms with Gasteiger partial charge in [-0.2, -0.15) is 0 Å². The highest BCUT2D eigenvalue weighted by atomic mass is 32.1. The van der Waals surface area contributed by atoms with E-state index >= 15 is 0 Å². The molecular weight excluding hydrogens is 533 g/mol. The smallest absolute Gasteiger partial charge is 0.266 e. The summed E-state index contributed by atoms with van der Waals surface area (Å²) >= 11 is 1.31. The van der Waals surface area contributed by atoms with E-state index in [-0.39, 0.29) is 24.1 Å². The predicted octanol–water partition coefficient (Wildman–Crippen LogP) is 5.38. The third-order valence-electron chi connectivity index (χ3n) is 7.03. The minimum atomic E-state index is -0.629. The minimum absolute atomic E-state index is 0.0894. The maximum Gasteiger partial charge on any atom is 0.266 e. The monoisotopic (exact) mass is 559 g/mol. The highest BCUT2D eigenvalue weighted by Crippen LogP contribution is 2.41. The number of benzene rings is 3. The van der Waals surface area contributed by atoms with Gasteiger partial charge < -0.3 is 24.4 Å². The van der Waals surface area contributed by atoms with Crippen LogP contribution in [-0.2, 0) is 6.42 Å². The van der Waals surface area contributed by atoms with Gasteiger partial charge in [-0.3, -0.25) is 14.6 Å². The number of amides is 2. The van der Waals surface area contributed by atoms with Crippen molar-refractivity contribution in [1.29, 1.82) is 0 Å². The van der Waals surface area contributed by atoms with E-state index in [0.717, 1.165) is 16.7 Å². The van der Waals surface area contributed by atoms with Crippen molar-refractivity contribution < 1.29 is 28.2 Å². The molecule has 3 aliphatic heterocycles. The van der Waals surface area contributed by atoms with Crippen LogP contribution < -0.4 is 19.5 Å². The molecule has 3 aromatic carbocycles. The van der Waals surface area contributed by atoms with E-state index in [2.05, 4.69) is 10.3 Å². The zero-order valence-corrected chi connectivity index (χ0v) is 22.5. The number of thiazole rings is 1. The quantitative estimate of drug-likeness (QED) is 0.355. The highest BCUT2D eigenvalue weighted by molar-refractivity contribution is 7.11. The van der Waals surface area contributed by atoms with Crippen LogP contribution in [0, 0.1) is 5.82 Å². The molecule has 0 saturated carbocycles. The number of methoxy groups -OCH3 is 1. The summed E-state index contributed by atoms with van der Waals surface area (Å²) in [6.07, 6.45) is 2.70. The number of carbonyl (C=O) groups is 2. The van der Waals surface area contributed by atoms with Crippen LogP contribution in [0.4, 0.5) is 4.39 Å². The lowest BCUT2D eigenvalue weighted by Gasteiger charge is -2.38. The molecule has 0 fully saturated rings. The largest absolute Gasteiger partial charge is 0.493 e. The normalized spacial score (nSPS) is 16.7. The molecule has 7 rings (SSSR count). The molecule has 0 radical (unpaired) electrons. The second-order valence-corrected chi connectivity index (χ2v) is 10.4. The summed E-state index contributed by atoms with van der Waals surface area (Å²) in [5.74, 6) is 0.750. The Morgan fingerprint density at radius 3 is 2.83 bits per heavy atom. The first-order valence-corrected chi connectivity index (χ1v) is 13.8. The van der Waals surface area contributed by atoms with Crippen LogP contribution in [0.1, 0.15) is 49.2 Å². The number of nitrogens with zero attached hydrogens (tertiary/aromatic N) is 2. The molecule has 0 saturated heterocycles. The van der Waals surface area contributed by atoms with Crippen molar-refractivity contribution in [1.82, 2.24) is 15.2 Å². The molecule has 8 bridgehead atoms. The van der Waals surface area contributed by atoms with Gasteiger partial charge >= 0.3 is 0 Å². The van der Waals surface area contributed by atoms with Crippen molar-refractivity contribution in [2.75, 3.05) is 26.8 Å². The molecule has 1 unspecified atom stereocenters. The predicted molar refractivity (Wildman–Crippen MR) is 147 cm³/mol. The Labute approximate surface area is 234 Å². The number of hydrogen-bond acceptors (Lipinski definition) is 7. The van der Waals surface area contributed by atoms with Crippen LogP contribution in [0.5, 0.6) is 23.0 Å². The lowest BCUT2D eigenvalue weighted by Crippen LogP contribution is -2.40. The van der Waals surface area contributed by atoms with E-state index in [4.69, 9.17) is 14.2 Å². The van der Waals surface area contributed by atoms with Crippen LogP contribution in [-0.4, -0.2) is 48.5 Å². The number of halogens is 1. The summed E-state index contributed by atoms with van der Waals surface area (Å²) in [6, 6.07) is 15.1. The molecule has 40 heavy (non-hydrogen) atoms. The Balaban J connectivity index is 1.46. The Hall–Kier alpha value is -4.44. The number of rotatable bonds is 2. The number of hydrogen-bond donors (Lipinski definition) is 1. The van der Waals surface area contributed by atoms with E-state index in [1.807, 2.05) is 41.3 Å². The molecule has 0 aliphatic carbocycles. The molecule has 8 nitrogen and oxygen atoms in total. The van der Waals surface area contributed by atoms with Gasteiger partial charge in [0.1, 0.15) is 22.2 Å². The van der Waals surface area contributed by atoms with Crippen molar-refractivity contribution in [3.63, 3.8) is 0 Å². The fourth-order valence-corrected chi connectivity index (χ4v) is 5.69. The molecule has 10 heteroatoms. The van der Waals surface area contributed by atoms with Gasteiger partial charge in [0.2, 0.25) is 0 Å². The Morgan fingerprint density at radius 2 is 2.00 bits per heavy atom. The van der Waals surface area contributed by atoms with Crippen LogP contribution >= 0.6 is 11.3 Å². The van der Waals surface area contributed by atoms with Gasteiger partial charge in [-0.15, -0.1) is 11.3 Å². The number of nitrogens with one attached hydrogen (secondary N) is 1. The van der Waals surface area contributed by atoms with Gasteiger partial charge in [0, 0.05) is 13.1 Å². The standard InChI is InChI=1S/C30H26FN3O5S/c1-37-25-8-3-19-14-26(25)38-12-2-10-33-29(35)23-15-21(5-7-24(23)31)39-20-4-6-22-18(13-20)9-11-34(28(19)22)30(36)27-16-32-17-40-27/h3-8,13-17,28H,2,9-12H2,1H3,(H,33,35). The summed E-state index contributed by atoms with van der Waals surface area (Å²) in [5, 5.41) is 2.74. The second kappa shape index (κ2) is 11.0. The minimum Gasteiger partial charge on any atom is -0.493 e. The van der Waals surface area contributed by atoms with Gasteiger partial charge in [0.25, 0.3) is 11.8 Å². The van der Waals surface area contributed by atoms with Gasteiger partial charge in [0.05, 0.1) is 37.0 Å². The molecule has 0 spiro atoms. The molecule has 204 valence electrons. The molecule has 1 atom stereocenters. The topological polar surface area (TPSA) is 90.0 Å². The Bertz CT molecular complexity index is 1580. The third kappa shape index (κ3) is 4.98. The van der Waals surface area contributed by atoms with Crippen molar-refractivity contribution >= 4 is 23.2 Å². The van der Waals surface area contributed by atoms with Crippen LogP contribution in [0.25, 0.3) is 0 Å². The fraction of sp³-hybridized carbons (Fsp3) is 0.233. The maximum absolute atomic E-state index is 14.5. The number of carbonyl (C=O) groups excluding carboxylic acids is 2. The van der Waals surface area contributed by atoms with E-state index in [1.165, 1.54) is 29.5 Å². The van der Waals surface area contributed by atoms with Crippen LogP contribution in [0.2, 0.25) is 0 Å². The maximum atomic E-state index is 14.5. The number of fused-ring (bicyclic) bond motifs is 6. The van der Waals surface area contributed by atoms with Crippen molar-refractivity contribution in [3.8, 4) is 23.0 Å². The number of ether oxygens (including phenoxy) is 3. The summed E-state index contributed by atoms with van der Waals surface area (Å²) in [6.45, 7) is 1.07.